The molecule has 2 aromatic heterocycles. The number of pyridine rings is 2. The number of esters is 1. The van der Waals surface area contributed by atoms with Crippen LogP contribution in [0.3, 0.4) is 0 Å². The lowest BCUT2D eigenvalue weighted by Gasteiger charge is -2.26. The first kappa shape index (κ1) is 60.2. The smallest absolute Gasteiger partial charge is 0.302 e. The third kappa shape index (κ3) is 15.0. The maximum Gasteiger partial charge on any atom is 0.302 e. The standard InChI is InChI=1S/C31H38N6O8S.C23H20F2N2O4.C2H6/c1-45-19-35-27(40)17-34-30(43)23(14-21-6-3-2-4-7-21)36-28(41)18-33-26(39)16-32-25(38)9-5-8-20-10-12-22(13-11-20)37-29(42)15-24(46)31(37)44;1-10-4-5-13-11(2)16(24)6-17-21(13)20(10)14-8-27-18(22(14)26-17)7-19(31-25)15(23(27)29)9-30-12(3)28;1-2/h2-4,6-7,10-13,23-24,46H,5,8-9,14-19H2,1H3,(H,32,38)(H,33,39)(H,34,43)(H,35,40)(H,36,41);6-7,10H,4-5,8-9H2,1-3H3;1-2H3/t;10-;/m.1./s1. The normalized spacial score (nSPS) is 15.0. The molecule has 3 aromatic carbocycles. The Morgan fingerprint density at radius 3 is 2.19 bits per heavy atom. The van der Waals surface area contributed by atoms with E-state index in [1.165, 1.54) is 30.7 Å². The van der Waals surface area contributed by atoms with Gasteiger partial charge in [-0.1, -0.05) is 63.2 Å². The molecule has 79 heavy (non-hydrogen) atoms. The van der Waals surface area contributed by atoms with Crippen LogP contribution >= 0.6 is 12.6 Å². The number of nitrogens with zero attached hydrogens (tertiary/aromatic N) is 3. The Balaban J connectivity index is 0.000000264. The average Bonchev–Trinajstić information content (AvgIpc) is 4.21. The summed E-state index contributed by atoms with van der Waals surface area (Å²) in [5, 5.41) is 12.7. The molecule has 23 heteroatoms. The van der Waals surface area contributed by atoms with E-state index in [-0.39, 0.29) is 86.4 Å². The summed E-state index contributed by atoms with van der Waals surface area (Å²) < 4.78 is 39.0. The molecule has 0 spiro atoms. The second-order valence-corrected chi connectivity index (χ2v) is 19.3. The van der Waals surface area contributed by atoms with Gasteiger partial charge in [-0.2, -0.15) is 12.6 Å². The lowest BCUT2D eigenvalue weighted by Crippen LogP contribution is -2.52. The fourth-order valence-corrected chi connectivity index (χ4v) is 9.67. The van der Waals surface area contributed by atoms with E-state index in [2.05, 4.69) is 51.1 Å². The molecule has 420 valence electrons. The number of amides is 7. The van der Waals surface area contributed by atoms with Gasteiger partial charge in [0.25, 0.3) is 5.56 Å². The van der Waals surface area contributed by atoms with E-state index in [0.29, 0.717) is 41.0 Å². The van der Waals surface area contributed by atoms with E-state index in [1.807, 2.05) is 19.9 Å². The number of hydrogen-bond donors (Lipinski definition) is 6. The van der Waals surface area contributed by atoms with E-state index in [0.717, 1.165) is 50.9 Å². The van der Waals surface area contributed by atoms with Gasteiger partial charge in [0.15, 0.2) is 5.75 Å². The SMILES string of the molecule is CC.CC(=O)OCc1c(OF)cc2n(c1=O)Cc1c-2nc2cc(F)c(C)c3c2c1[C@H](C)CC3.COCNC(=O)CNC(=O)C(Cc1ccccc1)NC(=O)CNC(=O)CNC(=O)CCCc1ccc(N2C(=O)CC(S)C2=O)cc1. The van der Waals surface area contributed by atoms with Gasteiger partial charge in [-0.3, -0.25) is 48.1 Å². The minimum absolute atomic E-state index is 0.0140. The number of benzene rings is 3. The molecule has 3 atom stereocenters. The number of fused-ring (bicyclic) bond motifs is 4. The molecule has 5 aromatic rings. The Bertz CT molecular complexity index is 3180. The predicted molar refractivity (Wildman–Crippen MR) is 291 cm³/mol. The van der Waals surface area contributed by atoms with Gasteiger partial charge in [0, 0.05) is 60.9 Å². The number of aryl methyl sites for hydroxylation is 2. The average molecular weight is 1110 g/mol. The zero-order valence-electron chi connectivity index (χ0n) is 44.7. The van der Waals surface area contributed by atoms with Gasteiger partial charge in [-0.05, 0) is 78.5 Å². The highest BCUT2D eigenvalue weighted by molar-refractivity contribution is 7.82. The number of hydrogen-bond acceptors (Lipinski definition) is 14. The summed E-state index contributed by atoms with van der Waals surface area (Å²) in [5.41, 5.74) is 6.59. The van der Waals surface area contributed by atoms with E-state index in [1.54, 1.807) is 55.5 Å². The summed E-state index contributed by atoms with van der Waals surface area (Å²) in [6, 6.07) is 17.7. The van der Waals surface area contributed by atoms with Crippen molar-refractivity contribution in [2.45, 2.75) is 110 Å². The van der Waals surface area contributed by atoms with Crippen LogP contribution in [0.15, 0.2) is 71.5 Å². The van der Waals surface area contributed by atoms with Gasteiger partial charge in [-0.25, -0.2) is 14.3 Å². The quantitative estimate of drug-likeness (QED) is 0.0264. The second kappa shape index (κ2) is 28.0. The highest BCUT2D eigenvalue weighted by Gasteiger charge is 2.38. The summed E-state index contributed by atoms with van der Waals surface area (Å²) in [6.45, 7) is 7.88. The lowest BCUT2D eigenvalue weighted by molar-refractivity contribution is -0.142. The van der Waals surface area contributed by atoms with Crippen LogP contribution in [0, 0.1) is 12.7 Å². The van der Waals surface area contributed by atoms with Crippen LogP contribution in [0.25, 0.3) is 22.3 Å². The number of methoxy groups -OCH3 is 1. The van der Waals surface area contributed by atoms with Gasteiger partial charge < -0.3 is 40.6 Å². The Hall–Kier alpha value is -8.05. The number of aromatic nitrogens is 2. The number of carbonyl (C=O) groups excluding carboxylic acids is 8. The molecular formula is C56H64F2N8O12S. The molecule has 3 aliphatic rings. The number of carbonyl (C=O) groups is 8. The molecule has 2 unspecified atom stereocenters. The Labute approximate surface area is 460 Å². The highest BCUT2D eigenvalue weighted by atomic mass is 32.1. The van der Waals surface area contributed by atoms with Crippen molar-refractivity contribution in [3.05, 3.63) is 122 Å². The molecule has 2 aliphatic heterocycles. The van der Waals surface area contributed by atoms with E-state index >= 15 is 0 Å². The van der Waals surface area contributed by atoms with E-state index < -0.39 is 59.6 Å². The number of nitrogens with one attached hydrogen (secondary N) is 5. The second-order valence-electron chi connectivity index (χ2n) is 18.7. The Morgan fingerprint density at radius 2 is 1.53 bits per heavy atom. The molecular weight excluding hydrogens is 1050 g/mol. The van der Waals surface area contributed by atoms with Gasteiger partial charge >= 0.3 is 5.97 Å². The Kier molecular flexibility index (Phi) is 21.3. The number of ether oxygens (including phenoxy) is 2. The van der Waals surface area contributed by atoms with Crippen molar-refractivity contribution in [2.24, 2.45) is 0 Å². The number of halogens is 2. The van der Waals surface area contributed by atoms with Crippen LogP contribution in [0.2, 0.25) is 0 Å². The largest absolute Gasteiger partial charge is 0.461 e. The van der Waals surface area contributed by atoms with Crippen molar-refractivity contribution in [2.75, 3.05) is 38.4 Å². The van der Waals surface area contributed by atoms with E-state index in [9.17, 15) is 52.1 Å². The molecule has 1 fully saturated rings. The maximum atomic E-state index is 14.6. The van der Waals surface area contributed by atoms with Crippen LogP contribution < -0.4 is 42.0 Å². The predicted octanol–water partition coefficient (Wildman–Crippen LogP) is 4.64. The number of imide groups is 1. The lowest BCUT2D eigenvalue weighted by atomic mass is 9.79. The number of thiol groups is 1. The maximum absolute atomic E-state index is 14.6. The molecule has 0 saturated carbocycles. The molecule has 0 radical (unpaired) electrons. The fraction of sp³-hybridized carbons (Fsp3) is 0.393. The van der Waals surface area contributed by atoms with Gasteiger partial charge in [0.05, 0.1) is 54.0 Å². The summed E-state index contributed by atoms with van der Waals surface area (Å²) in [6.07, 6.45) is 3.07. The van der Waals surface area contributed by atoms with Gasteiger partial charge in [-0.15, -0.1) is 0 Å². The zero-order valence-corrected chi connectivity index (χ0v) is 45.6. The van der Waals surface area contributed by atoms with Gasteiger partial charge in [0.2, 0.25) is 41.4 Å². The first-order chi connectivity index (χ1) is 37.9. The zero-order chi connectivity index (χ0) is 57.5. The Morgan fingerprint density at radius 1 is 0.861 bits per heavy atom. The summed E-state index contributed by atoms with van der Waals surface area (Å²) in [7, 11) is 1.41. The van der Waals surface area contributed by atoms with Crippen LogP contribution in [-0.2, 0) is 80.2 Å². The van der Waals surface area contributed by atoms with Crippen LogP contribution in [0.5, 0.6) is 5.75 Å². The van der Waals surface area contributed by atoms with Crippen LogP contribution in [0.1, 0.15) is 98.2 Å². The van der Waals surface area contributed by atoms with Crippen molar-refractivity contribution in [3.8, 4) is 17.1 Å². The van der Waals surface area contributed by atoms with Crippen molar-refractivity contribution in [1.29, 1.82) is 0 Å². The molecule has 7 amide bonds. The third-order valence-electron chi connectivity index (χ3n) is 13.3. The molecule has 4 heterocycles. The fourth-order valence-electron chi connectivity index (χ4n) is 9.40. The number of rotatable bonds is 20. The first-order valence-corrected chi connectivity index (χ1v) is 26.3. The van der Waals surface area contributed by atoms with Crippen molar-refractivity contribution >= 4 is 76.5 Å². The molecule has 0 bridgehead atoms. The number of anilines is 1. The van der Waals surface area contributed by atoms with Crippen LogP contribution in [0.4, 0.5) is 14.6 Å². The van der Waals surface area contributed by atoms with Crippen molar-refractivity contribution < 1.29 is 61.7 Å². The summed E-state index contributed by atoms with van der Waals surface area (Å²) >= 11 is 4.13. The topological polar surface area (TPSA) is 263 Å². The molecule has 8 rings (SSSR count). The van der Waals surface area contributed by atoms with E-state index in [4.69, 9.17) is 14.5 Å². The van der Waals surface area contributed by atoms with Crippen LogP contribution in [-0.4, -0.2) is 102 Å². The first-order valence-electron chi connectivity index (χ1n) is 25.8. The molecule has 20 nitrogen and oxygen atoms in total. The minimum Gasteiger partial charge on any atom is -0.461 e. The summed E-state index contributed by atoms with van der Waals surface area (Å²) in [5.74, 6) is -4.27. The van der Waals surface area contributed by atoms with Gasteiger partial charge in [0.1, 0.15) is 30.8 Å². The molecule has 5 N–H and O–H groups in total. The molecule has 1 saturated heterocycles. The monoisotopic (exact) mass is 1110 g/mol. The molecule has 1 aliphatic carbocycles. The minimum atomic E-state index is -1.01. The van der Waals surface area contributed by atoms with Crippen molar-refractivity contribution in [1.82, 2.24) is 36.1 Å². The van der Waals surface area contributed by atoms with Crippen molar-refractivity contribution in [3.63, 3.8) is 0 Å². The third-order valence-corrected chi connectivity index (χ3v) is 13.7. The highest BCUT2D eigenvalue weighted by Crippen LogP contribution is 2.45. The summed E-state index contributed by atoms with van der Waals surface area (Å²) in [4.78, 5) is 120.